The Labute approximate surface area is 244 Å². The van der Waals surface area contributed by atoms with E-state index in [1.807, 2.05) is 60.7 Å². The normalized spacial score (nSPS) is 16.7. The van der Waals surface area contributed by atoms with E-state index in [-0.39, 0.29) is 17.8 Å². The molecular formula is C35H31N3O4. The van der Waals surface area contributed by atoms with Crippen molar-refractivity contribution in [2.75, 3.05) is 11.9 Å². The van der Waals surface area contributed by atoms with Crippen LogP contribution in [-0.2, 0) is 15.1 Å². The summed E-state index contributed by atoms with van der Waals surface area (Å²) in [5.74, 6) is -0.130. The van der Waals surface area contributed by atoms with Gasteiger partial charge in [0.2, 0.25) is 0 Å². The summed E-state index contributed by atoms with van der Waals surface area (Å²) in [6.45, 7) is 0.322. The molecule has 1 aromatic heterocycles. The summed E-state index contributed by atoms with van der Waals surface area (Å²) in [4.78, 5) is 29.5. The summed E-state index contributed by atoms with van der Waals surface area (Å²) in [6.07, 6.45) is 2.27. The van der Waals surface area contributed by atoms with Crippen LogP contribution < -0.4 is 11.0 Å². The number of anilines is 1. The summed E-state index contributed by atoms with van der Waals surface area (Å²) in [5.41, 5.74) is 2.21. The molecule has 0 bridgehead atoms. The van der Waals surface area contributed by atoms with Crippen molar-refractivity contribution >= 4 is 11.7 Å². The number of aromatic nitrogens is 2. The number of nitrogens with zero attached hydrogens (tertiary/aromatic N) is 2. The Hall–Kier alpha value is -4.85. The lowest BCUT2D eigenvalue weighted by Gasteiger charge is -2.36. The van der Waals surface area contributed by atoms with Crippen LogP contribution in [-0.4, -0.2) is 28.2 Å². The van der Waals surface area contributed by atoms with Crippen molar-refractivity contribution < 1.29 is 14.3 Å². The minimum Gasteiger partial charge on any atom is -0.358 e. The molecule has 1 aliphatic rings. The highest BCUT2D eigenvalue weighted by molar-refractivity contribution is 6.03. The van der Waals surface area contributed by atoms with E-state index in [4.69, 9.17) is 9.47 Å². The highest BCUT2D eigenvalue weighted by atomic mass is 16.6. The number of nitrogens with one attached hydrogen (secondary N) is 1. The molecule has 6 rings (SSSR count). The van der Waals surface area contributed by atoms with Gasteiger partial charge in [0.05, 0.1) is 12.7 Å². The van der Waals surface area contributed by atoms with E-state index in [9.17, 15) is 9.59 Å². The van der Waals surface area contributed by atoms with Gasteiger partial charge in [-0.05, 0) is 47.7 Å². The van der Waals surface area contributed by atoms with Crippen LogP contribution in [0, 0.1) is 0 Å². The molecule has 42 heavy (non-hydrogen) atoms. The summed E-state index contributed by atoms with van der Waals surface area (Å²) in [5, 5.41) is 2.69. The van der Waals surface area contributed by atoms with Gasteiger partial charge in [0, 0.05) is 11.8 Å². The van der Waals surface area contributed by atoms with Gasteiger partial charge in [0.25, 0.3) is 5.91 Å². The van der Waals surface area contributed by atoms with Crippen molar-refractivity contribution in [3.8, 4) is 0 Å². The number of ether oxygens (including phenoxy) is 2. The highest BCUT2D eigenvalue weighted by Crippen LogP contribution is 2.41. The lowest BCUT2D eigenvalue weighted by molar-refractivity contribution is -0.0773. The molecule has 0 aliphatic carbocycles. The fraction of sp³-hybridized carbons (Fsp3) is 0.171. The topological polar surface area (TPSA) is 82.5 Å². The van der Waals surface area contributed by atoms with Crippen molar-refractivity contribution in [2.45, 2.75) is 30.8 Å². The van der Waals surface area contributed by atoms with Crippen LogP contribution in [0.25, 0.3) is 0 Å². The predicted molar refractivity (Wildman–Crippen MR) is 161 cm³/mol. The standard InChI is InChI=1S/C35H31N3O4/c39-33(26-13-5-1-6-14-26)36-31-23-24-38(34(40)37-31)32-22-21-30(42-32)25-41-35(27-15-7-2-8-16-27,28-17-9-3-10-18-28)29-19-11-4-12-20-29/h1-20,23-24,30,32H,21-22,25H2,(H,36,37,39,40)/t30-,32+/m1/s1. The third-order valence-corrected chi connectivity index (χ3v) is 7.53. The lowest BCUT2D eigenvalue weighted by Crippen LogP contribution is -2.36. The van der Waals surface area contributed by atoms with E-state index in [2.05, 4.69) is 46.7 Å². The van der Waals surface area contributed by atoms with Crippen LogP contribution in [0.5, 0.6) is 0 Å². The van der Waals surface area contributed by atoms with Crippen LogP contribution in [0.2, 0.25) is 0 Å². The number of amides is 1. The predicted octanol–water partition coefficient (Wildman–Crippen LogP) is 6.18. The van der Waals surface area contributed by atoms with Gasteiger partial charge in [-0.3, -0.25) is 9.36 Å². The number of hydrogen-bond acceptors (Lipinski definition) is 5. The zero-order chi connectivity index (χ0) is 28.8. The van der Waals surface area contributed by atoms with E-state index in [1.54, 1.807) is 36.5 Å². The molecule has 210 valence electrons. The van der Waals surface area contributed by atoms with Crippen molar-refractivity contribution in [2.24, 2.45) is 0 Å². The maximum absolute atomic E-state index is 12.9. The highest BCUT2D eigenvalue weighted by Gasteiger charge is 2.39. The minimum atomic E-state index is -0.845. The number of carbonyl (C=O) groups excluding carboxylic acids is 1. The molecule has 7 heteroatoms. The SMILES string of the molecule is O=C(Nc1ccn([C@@H]2CC[C@H](COC(c3ccccc3)(c3ccccc3)c3ccccc3)O2)c(=O)n1)c1ccccc1. The minimum absolute atomic E-state index is 0.196. The number of carbonyl (C=O) groups is 1. The molecule has 2 heterocycles. The monoisotopic (exact) mass is 557 g/mol. The van der Waals surface area contributed by atoms with E-state index in [0.29, 0.717) is 18.6 Å². The molecule has 1 N–H and O–H groups in total. The first-order valence-corrected chi connectivity index (χ1v) is 14.0. The van der Waals surface area contributed by atoms with Crippen molar-refractivity contribution in [1.82, 2.24) is 9.55 Å². The molecule has 5 aromatic rings. The van der Waals surface area contributed by atoms with Gasteiger partial charge in [-0.1, -0.05) is 109 Å². The smallest absolute Gasteiger partial charge is 0.351 e. The first-order chi connectivity index (χ1) is 20.6. The Balaban J connectivity index is 1.20. The van der Waals surface area contributed by atoms with Crippen LogP contribution in [0.3, 0.4) is 0 Å². The van der Waals surface area contributed by atoms with E-state index in [1.165, 1.54) is 4.57 Å². The Bertz CT molecular complexity index is 1580. The van der Waals surface area contributed by atoms with Crippen LogP contribution in [0.15, 0.2) is 138 Å². The van der Waals surface area contributed by atoms with Gasteiger partial charge >= 0.3 is 5.69 Å². The van der Waals surface area contributed by atoms with Crippen molar-refractivity contribution in [3.05, 3.63) is 166 Å². The van der Waals surface area contributed by atoms with Gasteiger partial charge in [0.1, 0.15) is 17.6 Å². The second-order valence-electron chi connectivity index (χ2n) is 10.2. The average Bonchev–Trinajstić information content (AvgIpc) is 3.52. The first kappa shape index (κ1) is 27.3. The number of hydrogen-bond donors (Lipinski definition) is 1. The summed E-state index contributed by atoms with van der Waals surface area (Å²) in [6, 6.07) is 41.0. The molecule has 1 saturated heterocycles. The second kappa shape index (κ2) is 12.3. The molecule has 1 amide bonds. The zero-order valence-electron chi connectivity index (χ0n) is 23.0. The maximum Gasteiger partial charge on any atom is 0.351 e. The quantitative estimate of drug-likeness (QED) is 0.219. The molecule has 0 radical (unpaired) electrons. The molecule has 2 atom stereocenters. The van der Waals surface area contributed by atoms with E-state index < -0.39 is 17.5 Å². The Morgan fingerprint density at radius 1 is 0.786 bits per heavy atom. The second-order valence-corrected chi connectivity index (χ2v) is 10.2. The van der Waals surface area contributed by atoms with E-state index >= 15 is 0 Å². The van der Waals surface area contributed by atoms with Crippen LogP contribution >= 0.6 is 0 Å². The lowest BCUT2D eigenvalue weighted by atomic mass is 9.80. The molecule has 0 saturated carbocycles. The molecule has 1 fully saturated rings. The molecule has 0 spiro atoms. The molecule has 0 unspecified atom stereocenters. The Kier molecular flexibility index (Phi) is 8.03. The van der Waals surface area contributed by atoms with Gasteiger partial charge in [-0.25, -0.2) is 4.79 Å². The fourth-order valence-electron chi connectivity index (χ4n) is 5.48. The third-order valence-electron chi connectivity index (χ3n) is 7.53. The van der Waals surface area contributed by atoms with Gasteiger partial charge in [0.15, 0.2) is 0 Å². The summed E-state index contributed by atoms with van der Waals surface area (Å²) in [7, 11) is 0. The molecule has 1 aliphatic heterocycles. The fourth-order valence-corrected chi connectivity index (χ4v) is 5.48. The molecular weight excluding hydrogens is 526 g/mol. The average molecular weight is 558 g/mol. The van der Waals surface area contributed by atoms with Gasteiger partial charge in [-0.2, -0.15) is 4.98 Å². The van der Waals surface area contributed by atoms with Crippen molar-refractivity contribution in [1.29, 1.82) is 0 Å². The third kappa shape index (κ3) is 5.65. The largest absolute Gasteiger partial charge is 0.358 e. The first-order valence-electron chi connectivity index (χ1n) is 14.0. The van der Waals surface area contributed by atoms with Crippen LogP contribution in [0.1, 0.15) is 46.1 Å². The number of rotatable bonds is 9. The van der Waals surface area contributed by atoms with E-state index in [0.717, 1.165) is 23.1 Å². The van der Waals surface area contributed by atoms with Gasteiger partial charge in [-0.15, -0.1) is 0 Å². The Morgan fingerprint density at radius 3 is 1.83 bits per heavy atom. The molecule has 7 nitrogen and oxygen atoms in total. The summed E-state index contributed by atoms with van der Waals surface area (Å²) < 4.78 is 14.7. The van der Waals surface area contributed by atoms with Crippen LogP contribution in [0.4, 0.5) is 5.82 Å². The summed E-state index contributed by atoms with van der Waals surface area (Å²) >= 11 is 0. The van der Waals surface area contributed by atoms with Crippen molar-refractivity contribution in [3.63, 3.8) is 0 Å². The van der Waals surface area contributed by atoms with Gasteiger partial charge < -0.3 is 14.8 Å². The maximum atomic E-state index is 12.9. The molecule has 4 aromatic carbocycles. The number of benzene rings is 4. The Morgan fingerprint density at radius 2 is 1.31 bits per heavy atom. The zero-order valence-corrected chi connectivity index (χ0v) is 23.0.